The number of amides is 1. The Morgan fingerprint density at radius 1 is 1.45 bits per heavy atom. The van der Waals surface area contributed by atoms with E-state index in [0.29, 0.717) is 12.1 Å². The summed E-state index contributed by atoms with van der Waals surface area (Å²) in [6.07, 6.45) is 0. The molecule has 1 amide bonds. The Morgan fingerprint density at radius 3 is 2.55 bits per heavy atom. The van der Waals surface area contributed by atoms with Crippen LogP contribution in [-0.4, -0.2) is 23.4 Å². The van der Waals surface area contributed by atoms with Gasteiger partial charge in [-0.15, -0.1) is 0 Å². The molecule has 0 aromatic heterocycles. The van der Waals surface area contributed by atoms with Crippen molar-refractivity contribution in [3.8, 4) is 0 Å². The van der Waals surface area contributed by atoms with E-state index in [-0.39, 0.29) is 23.7 Å². The summed E-state index contributed by atoms with van der Waals surface area (Å²) in [7, 11) is 0. The van der Waals surface area contributed by atoms with Gasteiger partial charge in [-0.25, -0.2) is 4.39 Å². The highest BCUT2D eigenvalue weighted by Crippen LogP contribution is 2.21. The molecule has 0 heterocycles. The van der Waals surface area contributed by atoms with E-state index < -0.39 is 6.04 Å². The third kappa shape index (κ3) is 4.28. The van der Waals surface area contributed by atoms with Gasteiger partial charge >= 0.3 is 0 Å². The molecule has 1 aromatic carbocycles. The first-order chi connectivity index (χ1) is 9.16. The molecule has 0 fully saturated rings. The molecule has 0 aliphatic rings. The predicted octanol–water partition coefficient (Wildman–Crippen LogP) is 3.31. The zero-order valence-corrected chi connectivity index (χ0v) is 14.0. The topological polar surface area (TPSA) is 46.3 Å². The molecule has 20 heavy (non-hydrogen) atoms. The van der Waals surface area contributed by atoms with Gasteiger partial charge in [0.25, 0.3) is 0 Å². The smallest absolute Gasteiger partial charge is 0.240 e. The summed E-state index contributed by atoms with van der Waals surface area (Å²) in [5.74, 6) is -0.469. The lowest BCUT2D eigenvalue weighted by Gasteiger charge is -2.31. The van der Waals surface area contributed by atoms with E-state index in [1.807, 2.05) is 27.7 Å². The SMILES string of the molecule is CCN(Cc1cc(Br)ccc1F)C(=O)[C@@H](N)C(C)(C)C. The van der Waals surface area contributed by atoms with Crippen LogP contribution in [0.1, 0.15) is 33.3 Å². The van der Waals surface area contributed by atoms with Crippen LogP contribution in [0.4, 0.5) is 4.39 Å². The summed E-state index contributed by atoms with van der Waals surface area (Å²) in [6, 6.07) is 4.12. The molecule has 0 unspecified atom stereocenters. The third-order valence-corrected chi connectivity index (χ3v) is 3.75. The van der Waals surface area contributed by atoms with Crippen molar-refractivity contribution < 1.29 is 9.18 Å². The van der Waals surface area contributed by atoms with Crippen molar-refractivity contribution >= 4 is 21.8 Å². The van der Waals surface area contributed by atoms with Crippen LogP contribution in [0, 0.1) is 11.2 Å². The standard InChI is InChI=1S/C15H22BrFN2O/c1-5-19(14(20)13(18)15(2,3)4)9-10-8-11(16)6-7-12(10)17/h6-8,13H,5,9,18H2,1-4H3/t13-/m1/s1. The van der Waals surface area contributed by atoms with Crippen molar-refractivity contribution in [2.24, 2.45) is 11.1 Å². The molecule has 1 rings (SSSR count). The van der Waals surface area contributed by atoms with Crippen LogP contribution >= 0.6 is 15.9 Å². The molecular weight excluding hydrogens is 323 g/mol. The number of likely N-dealkylation sites (N-methyl/N-ethyl adjacent to an activating group) is 1. The highest BCUT2D eigenvalue weighted by molar-refractivity contribution is 9.10. The summed E-state index contributed by atoms with van der Waals surface area (Å²) in [6.45, 7) is 8.34. The molecule has 0 bridgehead atoms. The lowest BCUT2D eigenvalue weighted by molar-refractivity contribution is -0.135. The first kappa shape index (κ1) is 17.1. The summed E-state index contributed by atoms with van der Waals surface area (Å²) >= 11 is 3.31. The Bertz CT molecular complexity index is 485. The fourth-order valence-electron chi connectivity index (χ4n) is 1.78. The molecule has 0 saturated carbocycles. The van der Waals surface area contributed by atoms with Crippen molar-refractivity contribution in [1.29, 1.82) is 0 Å². The van der Waals surface area contributed by atoms with E-state index in [4.69, 9.17) is 5.73 Å². The van der Waals surface area contributed by atoms with Crippen LogP contribution in [0.15, 0.2) is 22.7 Å². The van der Waals surface area contributed by atoms with Gasteiger partial charge in [-0.3, -0.25) is 4.79 Å². The zero-order chi connectivity index (χ0) is 15.5. The van der Waals surface area contributed by atoms with Crippen molar-refractivity contribution in [2.75, 3.05) is 6.54 Å². The molecule has 3 nitrogen and oxygen atoms in total. The largest absolute Gasteiger partial charge is 0.337 e. The van der Waals surface area contributed by atoms with Crippen molar-refractivity contribution in [2.45, 2.75) is 40.3 Å². The number of nitrogens with zero attached hydrogens (tertiary/aromatic N) is 1. The number of hydrogen-bond donors (Lipinski definition) is 1. The molecule has 0 radical (unpaired) electrons. The van der Waals surface area contributed by atoms with Crippen LogP contribution < -0.4 is 5.73 Å². The molecule has 0 saturated heterocycles. The van der Waals surface area contributed by atoms with E-state index in [2.05, 4.69) is 15.9 Å². The van der Waals surface area contributed by atoms with Gasteiger partial charge in [-0.1, -0.05) is 36.7 Å². The number of carbonyl (C=O) groups is 1. The Hall–Kier alpha value is -0.940. The zero-order valence-electron chi connectivity index (χ0n) is 12.4. The fraction of sp³-hybridized carbons (Fsp3) is 0.533. The number of carbonyl (C=O) groups excluding carboxylic acids is 1. The van der Waals surface area contributed by atoms with E-state index in [1.54, 1.807) is 17.0 Å². The first-order valence-corrected chi connectivity index (χ1v) is 7.44. The lowest BCUT2D eigenvalue weighted by atomic mass is 9.86. The molecule has 0 aliphatic carbocycles. The van der Waals surface area contributed by atoms with Crippen LogP contribution in [0.3, 0.4) is 0 Å². The van der Waals surface area contributed by atoms with E-state index in [1.165, 1.54) is 6.07 Å². The normalized spacial score (nSPS) is 13.2. The summed E-state index contributed by atoms with van der Waals surface area (Å²) in [5.41, 5.74) is 6.16. The average molecular weight is 345 g/mol. The Balaban J connectivity index is 2.92. The van der Waals surface area contributed by atoms with Gasteiger partial charge in [0.05, 0.1) is 6.04 Å². The maximum absolute atomic E-state index is 13.8. The Labute approximate surface area is 128 Å². The summed E-state index contributed by atoms with van der Waals surface area (Å²) < 4.78 is 14.6. The third-order valence-electron chi connectivity index (χ3n) is 3.26. The average Bonchev–Trinajstić information content (AvgIpc) is 2.37. The second-order valence-electron chi connectivity index (χ2n) is 5.93. The van der Waals surface area contributed by atoms with Gasteiger partial charge in [0, 0.05) is 23.1 Å². The van der Waals surface area contributed by atoms with Crippen LogP contribution in [-0.2, 0) is 11.3 Å². The van der Waals surface area contributed by atoms with Gasteiger partial charge in [-0.2, -0.15) is 0 Å². The van der Waals surface area contributed by atoms with Gasteiger partial charge in [0.1, 0.15) is 5.82 Å². The number of rotatable bonds is 4. The Morgan fingerprint density at radius 2 is 2.05 bits per heavy atom. The number of nitrogens with two attached hydrogens (primary N) is 1. The highest BCUT2D eigenvalue weighted by Gasteiger charge is 2.30. The van der Waals surface area contributed by atoms with Crippen LogP contribution in [0.5, 0.6) is 0 Å². The molecule has 1 aromatic rings. The second kappa shape index (κ2) is 6.68. The predicted molar refractivity (Wildman–Crippen MR) is 82.6 cm³/mol. The fourth-order valence-corrected chi connectivity index (χ4v) is 2.19. The van der Waals surface area contributed by atoms with Gasteiger partial charge < -0.3 is 10.6 Å². The molecule has 0 aliphatic heterocycles. The monoisotopic (exact) mass is 344 g/mol. The van der Waals surface area contributed by atoms with E-state index in [9.17, 15) is 9.18 Å². The molecule has 2 N–H and O–H groups in total. The van der Waals surface area contributed by atoms with Crippen LogP contribution in [0.25, 0.3) is 0 Å². The number of halogens is 2. The Kier molecular flexibility index (Phi) is 5.71. The second-order valence-corrected chi connectivity index (χ2v) is 6.85. The van der Waals surface area contributed by atoms with Gasteiger partial charge in [0.15, 0.2) is 0 Å². The molecule has 0 spiro atoms. The van der Waals surface area contributed by atoms with Crippen LogP contribution in [0.2, 0.25) is 0 Å². The number of benzene rings is 1. The highest BCUT2D eigenvalue weighted by atomic mass is 79.9. The van der Waals surface area contributed by atoms with Crippen molar-refractivity contribution in [3.63, 3.8) is 0 Å². The first-order valence-electron chi connectivity index (χ1n) is 6.65. The molecule has 5 heteroatoms. The van der Waals surface area contributed by atoms with Crippen molar-refractivity contribution in [3.05, 3.63) is 34.1 Å². The minimum atomic E-state index is -0.599. The van der Waals surface area contributed by atoms with Gasteiger partial charge in [-0.05, 0) is 30.5 Å². The minimum absolute atomic E-state index is 0.153. The summed E-state index contributed by atoms with van der Waals surface area (Å²) in [4.78, 5) is 14.0. The lowest BCUT2D eigenvalue weighted by Crippen LogP contribution is -2.50. The van der Waals surface area contributed by atoms with E-state index >= 15 is 0 Å². The summed E-state index contributed by atoms with van der Waals surface area (Å²) in [5, 5.41) is 0. The van der Waals surface area contributed by atoms with Crippen molar-refractivity contribution in [1.82, 2.24) is 4.90 Å². The van der Waals surface area contributed by atoms with Gasteiger partial charge in [0.2, 0.25) is 5.91 Å². The number of hydrogen-bond acceptors (Lipinski definition) is 2. The molecule has 1 atom stereocenters. The maximum atomic E-state index is 13.8. The minimum Gasteiger partial charge on any atom is -0.337 e. The van der Waals surface area contributed by atoms with E-state index in [0.717, 1.165) is 4.47 Å². The quantitative estimate of drug-likeness (QED) is 0.910. The molecule has 112 valence electrons. The maximum Gasteiger partial charge on any atom is 0.240 e. The molecular formula is C15H22BrFN2O.